The first-order valence-corrected chi connectivity index (χ1v) is 24.6. The van der Waals surface area contributed by atoms with Crippen molar-refractivity contribution >= 4 is 51.0 Å². The number of fused-ring (bicyclic) bond motifs is 9. The largest absolute Gasteiger partial charge is 0.494 e. The fraction of sp³-hybridized carbons (Fsp3) is 0.440. The highest BCUT2D eigenvalue weighted by Crippen LogP contribution is 2.71. The van der Waals surface area contributed by atoms with Gasteiger partial charge in [0.1, 0.15) is 11.5 Å². The molecule has 6 aliphatic rings. The Hall–Kier alpha value is -4.46. The first kappa shape index (κ1) is 40.3. The summed E-state index contributed by atoms with van der Waals surface area (Å²) in [5.74, 6) is 2.93. The SMILES string of the molecule is O=c1ccc2ccc(OCCCCN3CCN(c4cccc5c4C4C6SC7=C(C6C4S5)C(N4CCN(CCCCOc5ccc6ccc(=O)[nH]c6c5)CC4)CC=C7)CC3)cc2[nH]1. The number of thioether (sulfide) groups is 2. The van der Waals surface area contributed by atoms with Gasteiger partial charge in [-0.2, -0.15) is 0 Å². The molecule has 12 heteroatoms. The van der Waals surface area contributed by atoms with Crippen LogP contribution in [0.4, 0.5) is 5.69 Å². The van der Waals surface area contributed by atoms with Gasteiger partial charge in [0.05, 0.1) is 24.2 Å². The lowest BCUT2D eigenvalue weighted by Gasteiger charge is -2.49. The number of nitrogens with one attached hydrogen (secondary N) is 2. The minimum Gasteiger partial charge on any atom is -0.494 e. The van der Waals surface area contributed by atoms with Gasteiger partial charge in [-0.1, -0.05) is 18.2 Å². The molecule has 1 saturated carbocycles. The first-order valence-electron chi connectivity index (χ1n) is 22.8. The van der Waals surface area contributed by atoms with E-state index in [4.69, 9.17) is 9.47 Å². The highest BCUT2D eigenvalue weighted by atomic mass is 32.2. The highest BCUT2D eigenvalue weighted by Gasteiger charge is 2.62. The Morgan fingerprint density at radius 1 is 0.629 bits per heavy atom. The van der Waals surface area contributed by atoms with Crippen LogP contribution in [0.3, 0.4) is 0 Å². The van der Waals surface area contributed by atoms with E-state index in [9.17, 15) is 9.59 Å². The van der Waals surface area contributed by atoms with Crippen molar-refractivity contribution in [2.45, 2.75) is 59.5 Å². The number of rotatable bonds is 14. The van der Waals surface area contributed by atoms with Crippen molar-refractivity contribution in [3.8, 4) is 11.5 Å². The number of benzene rings is 3. The van der Waals surface area contributed by atoms with E-state index in [0.717, 1.165) is 131 Å². The summed E-state index contributed by atoms with van der Waals surface area (Å²) >= 11 is 4.39. The number of unbranched alkanes of at least 4 members (excludes halogenated alkanes) is 2. The number of pyridine rings is 2. The van der Waals surface area contributed by atoms with E-state index in [2.05, 4.69) is 83.4 Å². The lowest BCUT2D eigenvalue weighted by Crippen LogP contribution is -2.54. The van der Waals surface area contributed by atoms with E-state index in [1.807, 2.05) is 48.5 Å². The second-order valence-electron chi connectivity index (χ2n) is 17.8. The molecule has 5 atom stereocenters. The molecule has 6 heterocycles. The molecule has 10 nitrogen and oxygen atoms in total. The standard InChI is InChI=1S/C50H56N6O4S2/c57-43-17-13-33-11-15-35(31-37(33)51-43)59-29-3-1-19-53-21-25-55(26-22-53)39-7-5-9-41-45(39)47-49(61-41)48-46-40(8-6-10-42(46)62-50(47)48)56-27-23-54(24-28-56)20-2-4-30-60-36-16-12-34-14-18-44(58)52-38(34)32-36/h5-7,9-18,31-32,40,47-50H,1-4,8,19-30H2,(H,51,57)(H,52,58). The second-order valence-corrected chi connectivity index (χ2v) is 20.3. The van der Waals surface area contributed by atoms with E-state index in [1.165, 1.54) is 10.6 Å². The van der Waals surface area contributed by atoms with Crippen LogP contribution >= 0.6 is 23.5 Å². The lowest BCUT2D eigenvalue weighted by atomic mass is 9.65. The Balaban J connectivity index is 0.636. The third-order valence-corrected chi connectivity index (χ3v) is 17.1. The topological polar surface area (TPSA) is 97.1 Å². The zero-order chi connectivity index (χ0) is 41.6. The smallest absolute Gasteiger partial charge is 0.248 e. The number of allylic oxidation sites excluding steroid dienone is 1. The van der Waals surface area contributed by atoms with Crippen molar-refractivity contribution in [2.24, 2.45) is 5.92 Å². The van der Waals surface area contributed by atoms with Crippen LogP contribution < -0.4 is 25.5 Å². The van der Waals surface area contributed by atoms with Gasteiger partial charge in [0, 0.05) is 120 Å². The third kappa shape index (κ3) is 8.02. The molecule has 0 spiro atoms. The van der Waals surface area contributed by atoms with Gasteiger partial charge in [-0.15, -0.1) is 23.5 Å². The number of anilines is 1. The quantitative estimate of drug-likeness (QED) is 0.108. The van der Waals surface area contributed by atoms with E-state index < -0.39 is 0 Å². The molecule has 3 aromatic carbocycles. The van der Waals surface area contributed by atoms with Crippen LogP contribution in [0.1, 0.15) is 43.6 Å². The average Bonchev–Trinajstić information content (AvgIpc) is 3.81. The van der Waals surface area contributed by atoms with Crippen molar-refractivity contribution < 1.29 is 9.47 Å². The van der Waals surface area contributed by atoms with Crippen molar-refractivity contribution in [1.29, 1.82) is 0 Å². The number of nitrogens with zero attached hydrogens (tertiary/aromatic N) is 4. The summed E-state index contributed by atoms with van der Waals surface area (Å²) in [6.07, 6.45) is 10.4. The van der Waals surface area contributed by atoms with Crippen molar-refractivity contribution in [3.05, 3.63) is 128 Å². The van der Waals surface area contributed by atoms with Crippen LogP contribution in [-0.2, 0) is 0 Å². The van der Waals surface area contributed by atoms with Crippen molar-refractivity contribution in [3.63, 3.8) is 0 Å². The summed E-state index contributed by atoms with van der Waals surface area (Å²) in [6.45, 7) is 12.5. The summed E-state index contributed by atoms with van der Waals surface area (Å²) in [6, 6.07) is 26.3. The van der Waals surface area contributed by atoms with Crippen LogP contribution in [0.5, 0.6) is 11.5 Å². The van der Waals surface area contributed by atoms with E-state index >= 15 is 0 Å². The number of aromatic amines is 2. The summed E-state index contributed by atoms with van der Waals surface area (Å²) in [5, 5.41) is 3.35. The van der Waals surface area contributed by atoms with E-state index in [0.29, 0.717) is 41.6 Å². The van der Waals surface area contributed by atoms with Gasteiger partial charge in [-0.3, -0.25) is 19.4 Å². The molecular weight excluding hydrogens is 813 g/mol. The molecule has 2 N–H and O–H groups in total. The Kier molecular flexibility index (Phi) is 11.4. The molecule has 322 valence electrons. The maximum atomic E-state index is 11.7. The maximum Gasteiger partial charge on any atom is 0.248 e. The Bertz CT molecular complexity index is 2630. The third-order valence-electron chi connectivity index (χ3n) is 14.2. The van der Waals surface area contributed by atoms with Crippen LogP contribution in [0, 0.1) is 5.92 Å². The Morgan fingerprint density at radius 3 is 1.87 bits per heavy atom. The summed E-state index contributed by atoms with van der Waals surface area (Å²) in [4.78, 5) is 43.2. The fourth-order valence-electron chi connectivity index (χ4n) is 10.9. The molecule has 3 fully saturated rings. The minimum atomic E-state index is -0.0883. The molecule has 11 rings (SSSR count). The van der Waals surface area contributed by atoms with Gasteiger partial charge >= 0.3 is 0 Å². The Labute approximate surface area is 371 Å². The zero-order valence-corrected chi connectivity index (χ0v) is 36.9. The molecule has 5 aromatic rings. The lowest BCUT2D eigenvalue weighted by molar-refractivity contribution is 0.0995. The predicted molar refractivity (Wildman–Crippen MR) is 254 cm³/mol. The Morgan fingerprint density at radius 2 is 1.23 bits per heavy atom. The van der Waals surface area contributed by atoms with Crippen molar-refractivity contribution in [1.82, 2.24) is 24.7 Å². The van der Waals surface area contributed by atoms with E-state index in [-0.39, 0.29) is 11.1 Å². The first-order chi connectivity index (χ1) is 30.5. The second kappa shape index (κ2) is 17.6. The van der Waals surface area contributed by atoms with Crippen LogP contribution in [0.25, 0.3) is 21.8 Å². The van der Waals surface area contributed by atoms with Crippen LogP contribution in [0.15, 0.2) is 116 Å². The number of hydrogen-bond acceptors (Lipinski definition) is 10. The molecule has 2 saturated heterocycles. The number of aromatic nitrogens is 2. The van der Waals surface area contributed by atoms with Gasteiger partial charge in [-0.05, 0) is 116 Å². The van der Waals surface area contributed by atoms with Gasteiger partial charge in [0.2, 0.25) is 11.1 Å². The summed E-state index contributed by atoms with van der Waals surface area (Å²) in [5.41, 5.74) is 6.37. The summed E-state index contributed by atoms with van der Waals surface area (Å²) < 4.78 is 12.1. The molecule has 2 aliphatic carbocycles. The molecular formula is C50H56N6O4S2. The molecule has 0 amide bonds. The van der Waals surface area contributed by atoms with Gasteiger partial charge in [-0.25, -0.2) is 0 Å². The van der Waals surface area contributed by atoms with E-state index in [1.54, 1.807) is 28.2 Å². The van der Waals surface area contributed by atoms with Crippen molar-refractivity contribution in [2.75, 3.05) is 83.6 Å². The molecule has 4 aliphatic heterocycles. The minimum absolute atomic E-state index is 0.0867. The highest BCUT2D eigenvalue weighted by molar-refractivity contribution is 8.05. The monoisotopic (exact) mass is 868 g/mol. The van der Waals surface area contributed by atoms with Gasteiger partial charge < -0.3 is 29.2 Å². The van der Waals surface area contributed by atoms with Crippen LogP contribution in [-0.4, -0.2) is 120 Å². The number of ether oxygens (including phenoxy) is 2. The average molecular weight is 869 g/mol. The molecule has 2 aromatic heterocycles. The zero-order valence-electron chi connectivity index (χ0n) is 35.3. The number of hydrogen-bond donors (Lipinski definition) is 2. The molecule has 5 unspecified atom stereocenters. The van der Waals surface area contributed by atoms with Gasteiger partial charge in [0.15, 0.2) is 0 Å². The normalized spacial score (nSPS) is 24.8. The maximum absolute atomic E-state index is 11.7. The fourth-order valence-corrected chi connectivity index (χ4v) is 14.6. The predicted octanol–water partition coefficient (Wildman–Crippen LogP) is 7.71. The van der Waals surface area contributed by atoms with Crippen LogP contribution in [0.2, 0.25) is 0 Å². The molecule has 0 radical (unpaired) electrons. The summed E-state index contributed by atoms with van der Waals surface area (Å²) in [7, 11) is 0. The number of piperazine rings is 2. The van der Waals surface area contributed by atoms with Gasteiger partial charge in [0.25, 0.3) is 0 Å². The molecule has 62 heavy (non-hydrogen) atoms. The molecule has 0 bridgehead atoms. The number of H-pyrrole nitrogens is 2.